The van der Waals surface area contributed by atoms with E-state index in [1.807, 2.05) is 26.0 Å². The third-order valence-electron chi connectivity index (χ3n) is 5.25. The van der Waals surface area contributed by atoms with Crippen LogP contribution in [0.2, 0.25) is 0 Å². The van der Waals surface area contributed by atoms with E-state index in [0.717, 1.165) is 17.2 Å². The topological polar surface area (TPSA) is 73.7 Å². The molecule has 1 amide bonds. The smallest absolute Gasteiger partial charge is 0.311 e. The van der Waals surface area contributed by atoms with Gasteiger partial charge in [0.15, 0.2) is 5.75 Å². The number of carbonyl (C=O) groups excluding carboxylic acids is 1. The molecule has 7 heteroatoms. The lowest BCUT2D eigenvalue weighted by Crippen LogP contribution is -2.36. The minimum absolute atomic E-state index is 0.0340. The van der Waals surface area contributed by atoms with Crippen molar-refractivity contribution in [2.45, 2.75) is 40.2 Å². The minimum atomic E-state index is -0.563. The molecule has 0 aliphatic heterocycles. The van der Waals surface area contributed by atoms with Gasteiger partial charge in [-0.15, -0.1) is 0 Å². The second-order valence-corrected chi connectivity index (χ2v) is 7.88. The third-order valence-corrected chi connectivity index (χ3v) is 5.25. The maximum atomic E-state index is 12.8. The molecule has 1 unspecified atom stereocenters. The highest BCUT2D eigenvalue weighted by Gasteiger charge is 2.20. The molecule has 0 aliphatic rings. The van der Waals surface area contributed by atoms with Crippen LogP contribution in [0.25, 0.3) is 21.7 Å². The first-order valence-electron chi connectivity index (χ1n) is 9.70. The van der Waals surface area contributed by atoms with Gasteiger partial charge in [0.25, 0.3) is 5.56 Å². The second-order valence-electron chi connectivity index (χ2n) is 7.88. The van der Waals surface area contributed by atoms with Crippen molar-refractivity contribution < 1.29 is 14.6 Å². The molecular formula is C22H27N3O4. The lowest BCUT2D eigenvalue weighted by Gasteiger charge is -2.24. The molecule has 0 spiro atoms. The first-order valence-corrected chi connectivity index (χ1v) is 9.70. The number of pyridine rings is 2. The summed E-state index contributed by atoms with van der Waals surface area (Å²) in [6, 6.07) is 7.12. The van der Waals surface area contributed by atoms with E-state index in [1.165, 1.54) is 4.90 Å². The van der Waals surface area contributed by atoms with Crippen LogP contribution in [0.15, 0.2) is 35.3 Å². The van der Waals surface area contributed by atoms with Crippen molar-refractivity contribution in [1.82, 2.24) is 14.5 Å². The Kier molecular flexibility index (Phi) is 5.77. The number of benzene rings is 1. The van der Waals surface area contributed by atoms with E-state index in [-0.39, 0.29) is 11.6 Å². The molecule has 7 nitrogen and oxygen atoms in total. The molecule has 0 saturated heterocycles. The number of aryl methyl sites for hydroxylation is 2. The molecule has 0 N–H and O–H groups in total. The summed E-state index contributed by atoms with van der Waals surface area (Å²) in [5, 5.41) is 2.33. The first kappa shape index (κ1) is 20.6. The molecule has 0 radical (unpaired) electrons. The number of rotatable bonds is 5. The van der Waals surface area contributed by atoms with Crippen molar-refractivity contribution in [3.05, 3.63) is 46.5 Å². The highest BCUT2D eigenvalue weighted by atomic mass is 17.2. The van der Waals surface area contributed by atoms with Crippen LogP contribution in [0.4, 0.5) is 4.79 Å². The number of hydrogen-bond acceptors (Lipinski definition) is 5. The van der Waals surface area contributed by atoms with Crippen LogP contribution in [0.5, 0.6) is 5.75 Å². The number of hydrogen-bond donors (Lipinski definition) is 0. The van der Waals surface area contributed by atoms with Crippen LogP contribution in [-0.4, -0.2) is 33.6 Å². The molecule has 1 atom stereocenters. The Morgan fingerprint density at radius 1 is 1.21 bits per heavy atom. The molecule has 0 fully saturated rings. The summed E-state index contributed by atoms with van der Waals surface area (Å²) in [6.45, 7) is 8.00. The van der Waals surface area contributed by atoms with Crippen LogP contribution >= 0.6 is 0 Å². The second kappa shape index (κ2) is 8.11. The van der Waals surface area contributed by atoms with E-state index in [4.69, 9.17) is 9.78 Å². The zero-order valence-corrected chi connectivity index (χ0v) is 17.7. The average molecular weight is 397 g/mol. The summed E-state index contributed by atoms with van der Waals surface area (Å²) in [5.41, 5.74) is 1.25. The SMILES string of the molecule is Cc1nccc2c1c(=O)n(C)c1cc(OOC(=O)N(C)C(C)CC(C)C)ccc21. The highest BCUT2D eigenvalue weighted by Crippen LogP contribution is 2.27. The van der Waals surface area contributed by atoms with Gasteiger partial charge in [-0.25, -0.2) is 9.68 Å². The van der Waals surface area contributed by atoms with E-state index in [1.54, 1.807) is 37.0 Å². The Balaban J connectivity index is 1.87. The maximum Gasteiger partial charge on any atom is 0.452 e. The van der Waals surface area contributed by atoms with Gasteiger partial charge in [-0.2, -0.15) is 0 Å². The number of carbonyl (C=O) groups is 1. The summed E-state index contributed by atoms with van der Waals surface area (Å²) < 4.78 is 1.55. The van der Waals surface area contributed by atoms with Crippen molar-refractivity contribution in [2.24, 2.45) is 13.0 Å². The van der Waals surface area contributed by atoms with Crippen molar-refractivity contribution in [3.8, 4) is 5.75 Å². The molecule has 0 saturated carbocycles. The molecule has 1 aromatic carbocycles. The summed E-state index contributed by atoms with van der Waals surface area (Å²) in [6.07, 6.45) is 1.99. The van der Waals surface area contributed by atoms with Crippen molar-refractivity contribution in [1.29, 1.82) is 0 Å². The van der Waals surface area contributed by atoms with Crippen LogP contribution in [0.3, 0.4) is 0 Å². The predicted molar refractivity (Wildman–Crippen MR) is 113 cm³/mol. The average Bonchev–Trinajstić information content (AvgIpc) is 2.68. The Labute approximate surface area is 169 Å². The Morgan fingerprint density at radius 2 is 1.93 bits per heavy atom. The largest absolute Gasteiger partial charge is 0.452 e. The van der Waals surface area contributed by atoms with Crippen LogP contribution in [0.1, 0.15) is 32.9 Å². The molecule has 3 rings (SSSR count). The van der Waals surface area contributed by atoms with E-state index < -0.39 is 6.09 Å². The summed E-state index contributed by atoms with van der Waals surface area (Å²) >= 11 is 0. The van der Waals surface area contributed by atoms with Gasteiger partial charge in [-0.3, -0.25) is 14.7 Å². The van der Waals surface area contributed by atoms with Gasteiger partial charge < -0.3 is 9.47 Å². The Morgan fingerprint density at radius 3 is 2.62 bits per heavy atom. The highest BCUT2D eigenvalue weighted by molar-refractivity contribution is 6.06. The summed E-state index contributed by atoms with van der Waals surface area (Å²) in [5.74, 6) is 0.812. The molecule has 154 valence electrons. The van der Waals surface area contributed by atoms with Crippen molar-refractivity contribution >= 4 is 27.8 Å². The Hall–Kier alpha value is -3.09. The lowest BCUT2D eigenvalue weighted by atomic mass is 10.0. The number of nitrogens with zero attached hydrogens (tertiary/aromatic N) is 3. The van der Waals surface area contributed by atoms with Gasteiger partial charge in [0.1, 0.15) is 0 Å². The number of aromatic nitrogens is 2. The number of fused-ring (bicyclic) bond motifs is 3. The van der Waals surface area contributed by atoms with E-state index in [2.05, 4.69) is 18.8 Å². The fourth-order valence-electron chi connectivity index (χ4n) is 3.57. The molecule has 29 heavy (non-hydrogen) atoms. The van der Waals surface area contributed by atoms with Gasteiger partial charge in [0.05, 0.1) is 16.6 Å². The zero-order valence-electron chi connectivity index (χ0n) is 17.7. The summed E-state index contributed by atoms with van der Waals surface area (Å²) in [4.78, 5) is 41.1. The predicted octanol–water partition coefficient (Wildman–Crippen LogP) is 4.19. The fraction of sp³-hybridized carbons (Fsp3) is 0.409. The Bertz CT molecular complexity index is 1120. The van der Waals surface area contributed by atoms with Crippen LogP contribution in [-0.2, 0) is 11.9 Å². The zero-order chi connectivity index (χ0) is 21.3. The first-order chi connectivity index (χ1) is 13.7. The van der Waals surface area contributed by atoms with Gasteiger partial charge in [0, 0.05) is 37.8 Å². The van der Waals surface area contributed by atoms with Gasteiger partial charge >= 0.3 is 6.09 Å². The normalized spacial score (nSPS) is 12.4. The quantitative estimate of drug-likeness (QED) is 0.367. The monoisotopic (exact) mass is 397 g/mol. The number of amides is 1. The van der Waals surface area contributed by atoms with Crippen molar-refractivity contribution in [2.75, 3.05) is 7.05 Å². The molecule has 2 aromatic heterocycles. The molecule has 0 bridgehead atoms. The van der Waals surface area contributed by atoms with E-state index >= 15 is 0 Å². The van der Waals surface area contributed by atoms with Crippen LogP contribution < -0.4 is 10.4 Å². The maximum absolute atomic E-state index is 12.8. The minimum Gasteiger partial charge on any atom is -0.311 e. The molecule has 3 aromatic rings. The molecule has 0 aliphatic carbocycles. The molecule has 2 heterocycles. The van der Waals surface area contributed by atoms with E-state index in [0.29, 0.717) is 28.3 Å². The van der Waals surface area contributed by atoms with Gasteiger partial charge in [-0.05, 0) is 49.8 Å². The van der Waals surface area contributed by atoms with Crippen molar-refractivity contribution in [3.63, 3.8) is 0 Å². The van der Waals surface area contributed by atoms with Gasteiger partial charge in [0.2, 0.25) is 0 Å². The fourth-order valence-corrected chi connectivity index (χ4v) is 3.57. The standard InChI is InChI=1S/C22H27N3O4/c1-13(2)11-14(3)24(5)22(27)29-28-16-7-8-17-18-9-10-23-15(4)20(18)21(26)25(6)19(17)12-16/h7-10,12-14H,11H2,1-6H3. The molecular weight excluding hydrogens is 370 g/mol. The lowest BCUT2D eigenvalue weighted by molar-refractivity contribution is -0.154. The summed E-state index contributed by atoms with van der Waals surface area (Å²) in [7, 11) is 3.39. The van der Waals surface area contributed by atoms with Crippen LogP contribution in [0, 0.1) is 12.8 Å². The third kappa shape index (κ3) is 4.04. The van der Waals surface area contributed by atoms with E-state index in [9.17, 15) is 9.59 Å². The van der Waals surface area contributed by atoms with Gasteiger partial charge in [-0.1, -0.05) is 13.8 Å².